The molecular weight excluding hydrogens is 328 g/mol. The van der Waals surface area contributed by atoms with E-state index < -0.39 is 24.0 Å². The molecule has 10 heteroatoms. The predicted molar refractivity (Wildman–Crippen MR) is 86.9 cm³/mol. The number of aromatic nitrogens is 4. The van der Waals surface area contributed by atoms with Gasteiger partial charge in [0.25, 0.3) is 0 Å². The van der Waals surface area contributed by atoms with Gasteiger partial charge in [-0.05, 0) is 6.42 Å². The van der Waals surface area contributed by atoms with Crippen molar-refractivity contribution in [1.82, 2.24) is 19.5 Å². The van der Waals surface area contributed by atoms with Crippen LogP contribution >= 0.6 is 0 Å². The van der Waals surface area contributed by atoms with E-state index in [4.69, 9.17) is 15.2 Å². The van der Waals surface area contributed by atoms with E-state index in [1.807, 2.05) is 0 Å². The summed E-state index contributed by atoms with van der Waals surface area (Å²) in [5, 5.41) is 20.0. The molecule has 5 rings (SSSR count). The Morgan fingerprint density at radius 2 is 2.16 bits per heavy atom. The van der Waals surface area contributed by atoms with Crippen LogP contribution in [0.1, 0.15) is 19.1 Å². The number of aliphatic hydroxyl groups excluding tert-OH is 2. The maximum absolute atomic E-state index is 10.5. The Morgan fingerprint density at radius 1 is 1.36 bits per heavy atom. The van der Waals surface area contributed by atoms with Crippen molar-refractivity contribution < 1.29 is 19.7 Å². The molecule has 0 bridgehead atoms. The summed E-state index contributed by atoms with van der Waals surface area (Å²) in [6, 6.07) is 0. The molecule has 0 saturated carbocycles. The fourth-order valence-electron chi connectivity index (χ4n) is 3.86. The quantitative estimate of drug-likeness (QED) is 0.641. The third-order valence-corrected chi connectivity index (χ3v) is 5.45. The summed E-state index contributed by atoms with van der Waals surface area (Å²) in [4.78, 5) is 15.3. The fraction of sp³-hybridized carbons (Fsp3) is 0.667. The van der Waals surface area contributed by atoms with Gasteiger partial charge in [-0.25, -0.2) is 4.98 Å². The van der Waals surface area contributed by atoms with Crippen LogP contribution in [0.2, 0.25) is 0 Å². The largest absolute Gasteiger partial charge is 0.394 e. The van der Waals surface area contributed by atoms with Crippen molar-refractivity contribution in [2.24, 2.45) is 0 Å². The number of rotatable bonds is 3. The molecule has 3 fully saturated rings. The topological polar surface area (TPSA) is 132 Å². The zero-order valence-electron chi connectivity index (χ0n) is 13.6. The van der Waals surface area contributed by atoms with Crippen LogP contribution in [0.4, 0.5) is 11.8 Å². The molecule has 5 heterocycles. The van der Waals surface area contributed by atoms with E-state index in [-0.39, 0.29) is 12.6 Å². The molecule has 10 nitrogen and oxygen atoms in total. The molecular formula is C15H20N6O4. The summed E-state index contributed by atoms with van der Waals surface area (Å²) < 4.78 is 13.4. The maximum Gasteiger partial charge on any atom is 0.224 e. The molecule has 3 aliphatic heterocycles. The van der Waals surface area contributed by atoms with Gasteiger partial charge in [0.2, 0.25) is 5.95 Å². The first-order valence-electron chi connectivity index (χ1n) is 8.47. The number of hydrogen-bond donors (Lipinski definition) is 3. The summed E-state index contributed by atoms with van der Waals surface area (Å²) in [6.07, 6.45) is 1.10. The highest BCUT2D eigenvalue weighted by Crippen LogP contribution is 2.49. The third kappa shape index (κ3) is 1.96. The van der Waals surface area contributed by atoms with E-state index in [0.717, 1.165) is 19.5 Å². The minimum atomic E-state index is -0.914. The number of imidazole rings is 1. The highest BCUT2D eigenvalue weighted by atomic mass is 16.6. The fourth-order valence-corrected chi connectivity index (χ4v) is 3.86. The third-order valence-electron chi connectivity index (χ3n) is 5.45. The standard InChI is InChI=1S/C15H20N6O4/c16-14-18-11(20-3-1-4-20)9-12(19-14)21(7-17-9)13-15(2-5-24-15)10(23)8(6-22)25-13/h7-8,10,13,22-23H,1-6H2,(H2,16,18,19)/t8-,10-,13-,15-/m1/s1. The first-order chi connectivity index (χ1) is 12.1. The summed E-state index contributed by atoms with van der Waals surface area (Å²) in [7, 11) is 0. The van der Waals surface area contributed by atoms with Gasteiger partial charge in [-0.2, -0.15) is 9.97 Å². The second-order valence-corrected chi connectivity index (χ2v) is 6.78. The van der Waals surface area contributed by atoms with E-state index in [9.17, 15) is 10.2 Å². The van der Waals surface area contributed by atoms with Crippen LogP contribution in [-0.2, 0) is 9.47 Å². The van der Waals surface area contributed by atoms with Gasteiger partial charge in [0, 0.05) is 19.5 Å². The van der Waals surface area contributed by atoms with Gasteiger partial charge in [-0.3, -0.25) is 4.57 Å². The van der Waals surface area contributed by atoms with Crippen molar-refractivity contribution in [3.63, 3.8) is 0 Å². The predicted octanol–water partition coefficient (Wildman–Crippen LogP) is -0.972. The van der Waals surface area contributed by atoms with Crippen LogP contribution in [-0.4, -0.2) is 73.8 Å². The average Bonchev–Trinajstić information content (AvgIpc) is 3.03. The van der Waals surface area contributed by atoms with Crippen LogP contribution in [0.25, 0.3) is 11.2 Å². The lowest BCUT2D eigenvalue weighted by Gasteiger charge is -2.44. The van der Waals surface area contributed by atoms with Gasteiger partial charge in [-0.15, -0.1) is 0 Å². The Morgan fingerprint density at radius 3 is 2.76 bits per heavy atom. The number of anilines is 2. The van der Waals surface area contributed by atoms with E-state index >= 15 is 0 Å². The highest BCUT2D eigenvalue weighted by molar-refractivity contribution is 5.85. The van der Waals surface area contributed by atoms with Crippen LogP contribution in [0.15, 0.2) is 6.33 Å². The van der Waals surface area contributed by atoms with E-state index in [0.29, 0.717) is 30.0 Å². The van der Waals surface area contributed by atoms with Crippen LogP contribution in [0.5, 0.6) is 0 Å². The van der Waals surface area contributed by atoms with Gasteiger partial charge in [0.15, 0.2) is 23.2 Å². The van der Waals surface area contributed by atoms with E-state index in [2.05, 4.69) is 19.9 Å². The minimum absolute atomic E-state index is 0.164. The van der Waals surface area contributed by atoms with Crippen molar-refractivity contribution in [3.8, 4) is 0 Å². The number of hydrogen-bond acceptors (Lipinski definition) is 9. The molecule has 3 saturated heterocycles. The molecule has 0 amide bonds. The Bertz CT molecular complexity index is 818. The Balaban J connectivity index is 1.62. The lowest BCUT2D eigenvalue weighted by Crippen LogP contribution is -2.56. The number of ether oxygens (including phenoxy) is 2. The van der Waals surface area contributed by atoms with Gasteiger partial charge < -0.3 is 30.3 Å². The molecule has 25 heavy (non-hydrogen) atoms. The minimum Gasteiger partial charge on any atom is -0.394 e. The molecule has 2 aromatic rings. The number of nitrogens with two attached hydrogens (primary N) is 1. The van der Waals surface area contributed by atoms with Crippen LogP contribution in [0, 0.1) is 0 Å². The molecule has 0 radical (unpaired) electrons. The lowest BCUT2D eigenvalue weighted by molar-refractivity contribution is -0.225. The number of aliphatic hydroxyl groups is 2. The van der Waals surface area contributed by atoms with E-state index in [1.54, 1.807) is 10.9 Å². The Labute approximate surface area is 143 Å². The smallest absolute Gasteiger partial charge is 0.224 e. The van der Waals surface area contributed by atoms with Crippen molar-refractivity contribution >= 4 is 22.9 Å². The number of fused-ring (bicyclic) bond motifs is 1. The number of nitrogen functional groups attached to an aromatic ring is 1. The second-order valence-electron chi connectivity index (χ2n) is 6.78. The van der Waals surface area contributed by atoms with Crippen molar-refractivity contribution in [2.45, 2.75) is 36.9 Å². The Hall–Kier alpha value is -2.01. The van der Waals surface area contributed by atoms with Gasteiger partial charge in [0.1, 0.15) is 17.8 Å². The molecule has 0 aliphatic carbocycles. The highest BCUT2D eigenvalue weighted by Gasteiger charge is 2.61. The first-order valence-corrected chi connectivity index (χ1v) is 8.47. The van der Waals surface area contributed by atoms with E-state index in [1.165, 1.54) is 0 Å². The monoisotopic (exact) mass is 348 g/mol. The van der Waals surface area contributed by atoms with Crippen molar-refractivity contribution in [2.75, 3.05) is 36.9 Å². The maximum atomic E-state index is 10.5. The first kappa shape index (κ1) is 15.3. The summed E-state index contributed by atoms with van der Waals surface area (Å²) in [6.45, 7) is 2.08. The molecule has 4 N–H and O–H groups in total. The molecule has 134 valence electrons. The van der Waals surface area contributed by atoms with Crippen molar-refractivity contribution in [3.05, 3.63) is 6.33 Å². The summed E-state index contributed by atoms with van der Waals surface area (Å²) in [5.41, 5.74) is 6.21. The average molecular weight is 348 g/mol. The summed E-state index contributed by atoms with van der Waals surface area (Å²) >= 11 is 0. The summed E-state index contributed by atoms with van der Waals surface area (Å²) in [5.74, 6) is 0.880. The molecule has 3 aliphatic rings. The molecule has 2 aromatic heterocycles. The molecule has 0 aromatic carbocycles. The zero-order chi connectivity index (χ0) is 17.2. The van der Waals surface area contributed by atoms with Crippen LogP contribution in [0.3, 0.4) is 0 Å². The normalized spacial score (nSPS) is 34.5. The molecule has 1 spiro atoms. The zero-order valence-corrected chi connectivity index (χ0v) is 13.6. The van der Waals surface area contributed by atoms with Gasteiger partial charge >= 0.3 is 0 Å². The molecule has 4 atom stereocenters. The molecule has 0 unspecified atom stereocenters. The lowest BCUT2D eigenvalue weighted by atomic mass is 9.86. The van der Waals surface area contributed by atoms with Crippen molar-refractivity contribution in [1.29, 1.82) is 0 Å². The van der Waals surface area contributed by atoms with Gasteiger partial charge in [-0.1, -0.05) is 0 Å². The van der Waals surface area contributed by atoms with Crippen LogP contribution < -0.4 is 10.6 Å². The second kappa shape index (κ2) is 5.24. The Kier molecular flexibility index (Phi) is 3.20. The SMILES string of the molecule is Nc1nc(N2CCC2)c2ncn([C@@H]3O[C@H](CO)[C@@H](O)[C@]34CCO4)c2n1. The van der Waals surface area contributed by atoms with Gasteiger partial charge in [0.05, 0.1) is 19.5 Å². The number of nitrogens with zero attached hydrogens (tertiary/aromatic N) is 5.